The van der Waals surface area contributed by atoms with Crippen LogP contribution < -0.4 is 4.90 Å². The zero-order valence-electron chi connectivity index (χ0n) is 31.9. The van der Waals surface area contributed by atoms with Crippen LogP contribution in [-0.2, 0) is 5.41 Å². The number of hydrogen-bond acceptors (Lipinski definition) is 2. The molecule has 0 unspecified atom stereocenters. The van der Waals surface area contributed by atoms with Crippen molar-refractivity contribution < 1.29 is 4.42 Å². The second kappa shape index (κ2) is 13.0. The van der Waals surface area contributed by atoms with E-state index in [1.54, 1.807) is 0 Å². The lowest BCUT2D eigenvalue weighted by molar-refractivity contribution is 0.660. The van der Waals surface area contributed by atoms with E-state index in [0.29, 0.717) is 0 Å². The largest absolute Gasteiger partial charge is 0.455 e. The number of rotatable bonds is 6. The van der Waals surface area contributed by atoms with E-state index in [1.165, 1.54) is 55.3 Å². The van der Waals surface area contributed by atoms with Gasteiger partial charge in [0, 0.05) is 38.8 Å². The maximum atomic E-state index is 6.54. The van der Waals surface area contributed by atoms with Crippen LogP contribution in [0.15, 0.2) is 205 Å². The Morgan fingerprint density at radius 2 is 0.965 bits per heavy atom. The van der Waals surface area contributed by atoms with Gasteiger partial charge in [-0.3, -0.25) is 0 Å². The van der Waals surface area contributed by atoms with Crippen molar-refractivity contribution in [2.24, 2.45) is 0 Å². The first-order valence-electron chi connectivity index (χ1n) is 19.7. The first-order chi connectivity index (χ1) is 28.0. The summed E-state index contributed by atoms with van der Waals surface area (Å²) in [5, 5.41) is 4.71. The second-order valence-corrected chi connectivity index (χ2v) is 15.8. The molecule has 0 bridgehead atoms. The van der Waals surface area contributed by atoms with Gasteiger partial charge in [-0.05, 0) is 122 Å². The number of nitrogens with zero attached hydrogens (tertiary/aromatic N) is 1. The van der Waals surface area contributed by atoms with E-state index in [0.717, 1.165) is 50.1 Å². The summed E-state index contributed by atoms with van der Waals surface area (Å²) in [5.41, 5.74) is 17.5. The fraction of sp³-hybridized carbons (Fsp3) is 0.0545. The molecule has 0 saturated heterocycles. The van der Waals surface area contributed by atoms with Crippen LogP contribution in [-0.4, -0.2) is 0 Å². The lowest BCUT2D eigenvalue weighted by Crippen LogP contribution is -2.16. The summed E-state index contributed by atoms with van der Waals surface area (Å²) in [6.07, 6.45) is 0. The predicted octanol–water partition coefficient (Wildman–Crippen LogP) is 15.5. The number of fused-ring (bicyclic) bond motifs is 7. The molecule has 1 aromatic heterocycles. The minimum Gasteiger partial charge on any atom is -0.455 e. The fourth-order valence-electron chi connectivity index (χ4n) is 9.08. The normalized spacial score (nSPS) is 12.9. The van der Waals surface area contributed by atoms with Gasteiger partial charge in [0.25, 0.3) is 0 Å². The van der Waals surface area contributed by atoms with Crippen molar-refractivity contribution in [2.75, 3.05) is 4.90 Å². The summed E-state index contributed by atoms with van der Waals surface area (Å²) in [7, 11) is 0. The Morgan fingerprint density at radius 1 is 0.368 bits per heavy atom. The number of anilines is 3. The molecule has 270 valence electrons. The van der Waals surface area contributed by atoms with Crippen molar-refractivity contribution in [3.63, 3.8) is 0 Å². The van der Waals surface area contributed by atoms with E-state index in [9.17, 15) is 0 Å². The van der Waals surface area contributed by atoms with Crippen LogP contribution >= 0.6 is 0 Å². The molecule has 1 aliphatic carbocycles. The third-order valence-corrected chi connectivity index (χ3v) is 12.1. The molecule has 0 spiro atoms. The summed E-state index contributed by atoms with van der Waals surface area (Å²) < 4.78 is 6.54. The fourth-order valence-corrected chi connectivity index (χ4v) is 9.08. The zero-order valence-corrected chi connectivity index (χ0v) is 31.9. The van der Waals surface area contributed by atoms with Crippen molar-refractivity contribution in [3.05, 3.63) is 211 Å². The van der Waals surface area contributed by atoms with Crippen LogP contribution in [0.1, 0.15) is 25.0 Å². The molecule has 0 N–H and O–H groups in total. The molecule has 0 atom stereocenters. The Morgan fingerprint density at radius 3 is 1.77 bits per heavy atom. The highest BCUT2D eigenvalue weighted by Crippen LogP contribution is 2.50. The van der Waals surface area contributed by atoms with Gasteiger partial charge in [0.05, 0.1) is 0 Å². The van der Waals surface area contributed by atoms with Gasteiger partial charge in [-0.15, -0.1) is 0 Å². The average molecular weight is 730 g/mol. The standard InChI is InChI=1S/C55H39NO/c1-55(2)51-18-10-8-16-46(51)47-31-30-45(35-52(47)55)56(43-14-4-3-5-15-43)44-28-26-38(27-29-44)37-20-22-39(23-21-37)42-33-49(41-25-24-36-12-6-7-13-40(36)32-41)54-50(34-42)48-17-9-11-19-53(48)57-54/h3-35H,1-2H3. The van der Waals surface area contributed by atoms with E-state index in [1.807, 2.05) is 6.07 Å². The van der Waals surface area contributed by atoms with Gasteiger partial charge in [-0.25, -0.2) is 0 Å². The Kier molecular flexibility index (Phi) is 7.55. The summed E-state index contributed by atoms with van der Waals surface area (Å²) >= 11 is 0. The highest BCUT2D eigenvalue weighted by atomic mass is 16.3. The van der Waals surface area contributed by atoms with Gasteiger partial charge in [-0.1, -0.05) is 153 Å². The van der Waals surface area contributed by atoms with E-state index in [2.05, 4.69) is 213 Å². The third kappa shape index (κ3) is 5.48. The molecule has 0 amide bonds. The van der Waals surface area contributed by atoms with Crippen LogP contribution in [0.2, 0.25) is 0 Å². The summed E-state index contributed by atoms with van der Waals surface area (Å²) in [5.74, 6) is 0. The van der Waals surface area contributed by atoms with Crippen LogP contribution in [0.25, 0.3) is 77.2 Å². The third-order valence-electron chi connectivity index (χ3n) is 12.1. The molecule has 10 aromatic rings. The highest BCUT2D eigenvalue weighted by molar-refractivity contribution is 6.11. The molecule has 11 rings (SSSR count). The molecular weight excluding hydrogens is 691 g/mol. The molecule has 1 aliphatic rings. The van der Waals surface area contributed by atoms with E-state index in [-0.39, 0.29) is 5.41 Å². The van der Waals surface area contributed by atoms with Crippen LogP contribution in [0.4, 0.5) is 17.1 Å². The summed E-state index contributed by atoms with van der Waals surface area (Å²) in [6.45, 7) is 4.69. The average Bonchev–Trinajstić information content (AvgIpc) is 3.75. The first-order valence-corrected chi connectivity index (χ1v) is 19.7. The Hall–Kier alpha value is -7.16. The SMILES string of the molecule is CC1(C)c2ccccc2-c2ccc(N(c3ccccc3)c3ccc(-c4ccc(-c5cc(-c6ccc7ccccc7c6)c6oc7ccccc7c6c5)cc4)cc3)cc21. The second-order valence-electron chi connectivity index (χ2n) is 15.8. The van der Waals surface area contributed by atoms with Crippen molar-refractivity contribution in [1.29, 1.82) is 0 Å². The van der Waals surface area contributed by atoms with Gasteiger partial charge in [0.15, 0.2) is 0 Å². The maximum absolute atomic E-state index is 6.54. The Bertz CT molecular complexity index is 3130. The van der Waals surface area contributed by atoms with Gasteiger partial charge >= 0.3 is 0 Å². The Labute approximate surface area is 332 Å². The lowest BCUT2D eigenvalue weighted by Gasteiger charge is -2.28. The van der Waals surface area contributed by atoms with Crippen LogP contribution in [0.3, 0.4) is 0 Å². The molecule has 0 aliphatic heterocycles. The predicted molar refractivity (Wildman–Crippen MR) is 240 cm³/mol. The minimum atomic E-state index is -0.0730. The highest BCUT2D eigenvalue weighted by Gasteiger charge is 2.35. The molecule has 2 heteroatoms. The minimum absolute atomic E-state index is 0.0730. The topological polar surface area (TPSA) is 16.4 Å². The lowest BCUT2D eigenvalue weighted by atomic mass is 9.82. The van der Waals surface area contributed by atoms with E-state index < -0.39 is 0 Å². The molecule has 0 saturated carbocycles. The number of para-hydroxylation sites is 2. The smallest absolute Gasteiger partial charge is 0.143 e. The van der Waals surface area contributed by atoms with Crippen molar-refractivity contribution in [3.8, 4) is 44.5 Å². The van der Waals surface area contributed by atoms with Gasteiger partial charge in [-0.2, -0.15) is 0 Å². The molecular formula is C55H39NO. The molecule has 57 heavy (non-hydrogen) atoms. The zero-order chi connectivity index (χ0) is 38.1. The van der Waals surface area contributed by atoms with Gasteiger partial charge in [0.1, 0.15) is 11.2 Å². The van der Waals surface area contributed by atoms with Gasteiger partial charge in [0.2, 0.25) is 0 Å². The Balaban J connectivity index is 0.948. The van der Waals surface area contributed by atoms with Crippen molar-refractivity contribution >= 4 is 49.8 Å². The number of benzene rings is 9. The number of furan rings is 1. The first kappa shape index (κ1) is 33.2. The van der Waals surface area contributed by atoms with E-state index >= 15 is 0 Å². The monoisotopic (exact) mass is 729 g/mol. The summed E-state index contributed by atoms with van der Waals surface area (Å²) in [6, 6.07) is 72.6. The molecule has 2 nitrogen and oxygen atoms in total. The number of hydrogen-bond donors (Lipinski definition) is 0. The van der Waals surface area contributed by atoms with Crippen LogP contribution in [0, 0.1) is 0 Å². The van der Waals surface area contributed by atoms with E-state index in [4.69, 9.17) is 4.42 Å². The molecule has 0 radical (unpaired) electrons. The van der Waals surface area contributed by atoms with Crippen LogP contribution in [0.5, 0.6) is 0 Å². The quantitative estimate of drug-likeness (QED) is 0.169. The molecule has 1 heterocycles. The van der Waals surface area contributed by atoms with Gasteiger partial charge < -0.3 is 9.32 Å². The molecule has 0 fully saturated rings. The van der Waals surface area contributed by atoms with Crippen molar-refractivity contribution in [2.45, 2.75) is 19.3 Å². The summed E-state index contributed by atoms with van der Waals surface area (Å²) in [4.78, 5) is 2.37. The van der Waals surface area contributed by atoms with Crippen molar-refractivity contribution in [1.82, 2.24) is 0 Å². The maximum Gasteiger partial charge on any atom is 0.143 e. The molecule has 9 aromatic carbocycles.